The van der Waals surface area contributed by atoms with E-state index in [0.717, 1.165) is 10.0 Å². The fraction of sp³-hybridized carbons (Fsp3) is 0.0833. The molecule has 0 saturated carbocycles. The van der Waals surface area contributed by atoms with Crippen LogP contribution in [0, 0.1) is 6.92 Å². The number of hydrogen-bond acceptors (Lipinski definition) is 4. The summed E-state index contributed by atoms with van der Waals surface area (Å²) >= 11 is 9.29. The second-order valence-corrected chi connectivity index (χ2v) is 5.13. The number of hydrogen-bond donors (Lipinski definition) is 1. The van der Waals surface area contributed by atoms with Crippen molar-refractivity contribution in [3.8, 4) is 11.6 Å². The summed E-state index contributed by atoms with van der Waals surface area (Å²) in [7, 11) is 0. The third-order valence-electron chi connectivity index (χ3n) is 2.52. The number of benzene rings is 1. The van der Waals surface area contributed by atoms with E-state index < -0.39 is 0 Å². The first-order chi connectivity index (χ1) is 9.13. The zero-order chi connectivity index (χ0) is 13.4. The first-order valence-corrected chi connectivity index (χ1v) is 6.61. The molecular formula is C12H8BrClN4O. The van der Waals surface area contributed by atoms with Gasteiger partial charge >= 0.3 is 0 Å². The van der Waals surface area contributed by atoms with Gasteiger partial charge in [-0.15, -0.1) is 0 Å². The van der Waals surface area contributed by atoms with E-state index in [4.69, 9.17) is 16.3 Å². The molecule has 3 rings (SSSR count). The topological polar surface area (TPSA) is 63.7 Å². The number of nitrogens with zero attached hydrogens (tertiary/aromatic N) is 3. The number of H-pyrrole nitrogens is 1. The van der Waals surface area contributed by atoms with Crippen molar-refractivity contribution in [2.75, 3.05) is 0 Å². The van der Waals surface area contributed by atoms with Crippen LogP contribution >= 0.6 is 27.5 Å². The molecule has 2 aromatic heterocycles. The number of aromatic amines is 1. The molecule has 96 valence electrons. The van der Waals surface area contributed by atoms with Crippen LogP contribution in [0.3, 0.4) is 0 Å². The predicted octanol–water partition coefficient (Wildman–Crippen LogP) is 3.87. The second-order valence-electron chi connectivity index (χ2n) is 3.93. The van der Waals surface area contributed by atoms with E-state index in [0.29, 0.717) is 22.8 Å². The van der Waals surface area contributed by atoms with Crippen molar-refractivity contribution < 1.29 is 4.74 Å². The van der Waals surface area contributed by atoms with Crippen molar-refractivity contribution in [3.63, 3.8) is 0 Å². The van der Waals surface area contributed by atoms with Gasteiger partial charge in [0.15, 0.2) is 5.65 Å². The van der Waals surface area contributed by atoms with Gasteiger partial charge in [-0.25, -0.2) is 4.98 Å². The highest BCUT2D eigenvalue weighted by Gasteiger charge is 2.12. The molecule has 0 atom stereocenters. The van der Waals surface area contributed by atoms with E-state index in [1.165, 1.54) is 6.33 Å². The average Bonchev–Trinajstić information content (AvgIpc) is 2.80. The molecule has 0 bridgehead atoms. The lowest BCUT2D eigenvalue weighted by Gasteiger charge is -2.08. The highest BCUT2D eigenvalue weighted by Crippen LogP contribution is 2.32. The summed E-state index contributed by atoms with van der Waals surface area (Å²) in [5.41, 5.74) is 2.21. The van der Waals surface area contributed by atoms with Gasteiger partial charge in [-0.2, -0.15) is 9.97 Å². The van der Waals surface area contributed by atoms with Crippen LogP contribution in [0.15, 0.2) is 29.0 Å². The van der Waals surface area contributed by atoms with E-state index in [-0.39, 0.29) is 5.28 Å². The molecule has 5 nitrogen and oxygen atoms in total. The lowest BCUT2D eigenvalue weighted by atomic mass is 10.2. The number of aromatic nitrogens is 4. The monoisotopic (exact) mass is 338 g/mol. The standard InChI is InChI=1S/C12H8BrClN4O/c1-6-2-3-8(7(13)4-6)19-11-9-10(16-5-15-9)17-12(14)18-11/h2-5H,1H3,(H,15,16,17,18). The molecule has 0 aliphatic rings. The summed E-state index contributed by atoms with van der Waals surface area (Å²) in [6, 6.07) is 5.77. The molecule has 0 radical (unpaired) electrons. The number of aryl methyl sites for hydroxylation is 1. The van der Waals surface area contributed by atoms with Gasteiger partial charge in [0.2, 0.25) is 11.2 Å². The van der Waals surface area contributed by atoms with Crippen LogP contribution in [-0.2, 0) is 0 Å². The zero-order valence-electron chi connectivity index (χ0n) is 9.82. The maximum absolute atomic E-state index is 5.84. The Morgan fingerprint density at radius 3 is 2.95 bits per heavy atom. The molecule has 0 unspecified atom stereocenters. The number of halogens is 2. The van der Waals surface area contributed by atoms with Gasteiger partial charge < -0.3 is 9.72 Å². The third kappa shape index (κ3) is 2.41. The Morgan fingerprint density at radius 1 is 1.32 bits per heavy atom. The number of ether oxygens (including phenoxy) is 1. The number of imidazole rings is 1. The second kappa shape index (κ2) is 4.79. The van der Waals surface area contributed by atoms with Crippen LogP contribution in [0.4, 0.5) is 0 Å². The van der Waals surface area contributed by atoms with Crippen molar-refractivity contribution in [1.82, 2.24) is 19.9 Å². The summed E-state index contributed by atoms with van der Waals surface area (Å²) < 4.78 is 6.61. The molecule has 0 fully saturated rings. The van der Waals surface area contributed by atoms with Crippen molar-refractivity contribution in [3.05, 3.63) is 39.8 Å². The number of nitrogens with one attached hydrogen (secondary N) is 1. The molecule has 0 aliphatic heterocycles. The zero-order valence-corrected chi connectivity index (χ0v) is 12.2. The Hall–Kier alpha value is -1.66. The molecule has 19 heavy (non-hydrogen) atoms. The minimum Gasteiger partial charge on any atom is -0.436 e. The van der Waals surface area contributed by atoms with Crippen molar-refractivity contribution in [2.24, 2.45) is 0 Å². The molecule has 1 aromatic carbocycles. The van der Waals surface area contributed by atoms with Crippen molar-refractivity contribution in [2.45, 2.75) is 6.92 Å². The molecule has 0 amide bonds. The Kier molecular flexibility index (Phi) is 3.12. The Morgan fingerprint density at radius 2 is 2.16 bits per heavy atom. The summed E-state index contributed by atoms with van der Waals surface area (Å²) in [5, 5.41) is 0.0952. The smallest absolute Gasteiger partial charge is 0.250 e. The fourth-order valence-corrected chi connectivity index (χ4v) is 2.38. The largest absolute Gasteiger partial charge is 0.436 e. The molecule has 0 aliphatic carbocycles. The van der Waals surface area contributed by atoms with E-state index in [1.807, 2.05) is 25.1 Å². The van der Waals surface area contributed by atoms with Crippen LogP contribution < -0.4 is 4.74 Å². The number of fused-ring (bicyclic) bond motifs is 1. The molecule has 0 saturated heterocycles. The summed E-state index contributed by atoms with van der Waals surface area (Å²) in [4.78, 5) is 15.0. The predicted molar refractivity (Wildman–Crippen MR) is 75.6 cm³/mol. The lowest BCUT2D eigenvalue weighted by Crippen LogP contribution is -1.93. The van der Waals surface area contributed by atoms with Gasteiger partial charge in [0, 0.05) is 0 Å². The third-order valence-corrected chi connectivity index (χ3v) is 3.31. The van der Waals surface area contributed by atoms with E-state index in [9.17, 15) is 0 Å². The Bertz CT molecular complexity index is 759. The van der Waals surface area contributed by atoms with Crippen LogP contribution in [0.2, 0.25) is 5.28 Å². The van der Waals surface area contributed by atoms with Gasteiger partial charge in [-0.3, -0.25) is 0 Å². The first-order valence-electron chi connectivity index (χ1n) is 5.44. The Labute approximate surface area is 122 Å². The molecular weight excluding hydrogens is 332 g/mol. The van der Waals surface area contributed by atoms with Gasteiger partial charge in [0.05, 0.1) is 10.8 Å². The van der Waals surface area contributed by atoms with Crippen LogP contribution in [0.25, 0.3) is 11.2 Å². The highest BCUT2D eigenvalue weighted by atomic mass is 79.9. The normalized spacial score (nSPS) is 10.9. The maximum Gasteiger partial charge on any atom is 0.250 e. The molecule has 2 heterocycles. The molecule has 1 N–H and O–H groups in total. The molecule has 7 heteroatoms. The van der Waals surface area contributed by atoms with E-state index >= 15 is 0 Å². The van der Waals surface area contributed by atoms with E-state index in [2.05, 4.69) is 35.9 Å². The van der Waals surface area contributed by atoms with Crippen LogP contribution in [0.5, 0.6) is 11.6 Å². The van der Waals surface area contributed by atoms with Gasteiger partial charge in [-0.05, 0) is 52.2 Å². The van der Waals surface area contributed by atoms with E-state index in [1.54, 1.807) is 0 Å². The van der Waals surface area contributed by atoms with Gasteiger partial charge in [-0.1, -0.05) is 6.07 Å². The molecule has 3 aromatic rings. The summed E-state index contributed by atoms with van der Waals surface area (Å²) in [6.07, 6.45) is 1.52. The Balaban J connectivity index is 2.07. The van der Waals surface area contributed by atoms with Crippen molar-refractivity contribution >= 4 is 38.7 Å². The number of rotatable bonds is 2. The van der Waals surface area contributed by atoms with Gasteiger partial charge in [0.25, 0.3) is 0 Å². The minimum atomic E-state index is 0.0952. The van der Waals surface area contributed by atoms with Crippen LogP contribution in [0.1, 0.15) is 5.56 Å². The van der Waals surface area contributed by atoms with Gasteiger partial charge in [0.1, 0.15) is 11.3 Å². The lowest BCUT2D eigenvalue weighted by molar-refractivity contribution is 0.464. The van der Waals surface area contributed by atoms with Crippen LogP contribution in [-0.4, -0.2) is 19.9 Å². The summed E-state index contributed by atoms with van der Waals surface area (Å²) in [6.45, 7) is 2.00. The maximum atomic E-state index is 5.84. The minimum absolute atomic E-state index is 0.0952. The quantitative estimate of drug-likeness (QED) is 0.720. The van der Waals surface area contributed by atoms with Crippen molar-refractivity contribution in [1.29, 1.82) is 0 Å². The first kappa shape index (κ1) is 12.4. The summed E-state index contributed by atoms with van der Waals surface area (Å²) in [5.74, 6) is 0.994. The molecule has 0 spiro atoms. The highest BCUT2D eigenvalue weighted by molar-refractivity contribution is 9.10. The fourth-order valence-electron chi connectivity index (χ4n) is 1.65. The SMILES string of the molecule is Cc1ccc(Oc2nc(Cl)nc3nc[nH]c23)c(Br)c1. The average molecular weight is 340 g/mol.